The van der Waals surface area contributed by atoms with Gasteiger partial charge in [0.1, 0.15) is 0 Å². The van der Waals surface area contributed by atoms with E-state index >= 15 is 0 Å². The summed E-state index contributed by atoms with van der Waals surface area (Å²) in [6.45, 7) is 30.7. The minimum atomic E-state index is -0.652. The van der Waals surface area contributed by atoms with E-state index in [1.54, 1.807) is 0 Å². The number of hydrogen-bond donors (Lipinski definition) is 0. The van der Waals surface area contributed by atoms with E-state index in [9.17, 15) is 0 Å². The molecular formula is C57H59N4OPt+. The first-order valence-corrected chi connectivity index (χ1v) is 22.1. The first-order valence-electron chi connectivity index (χ1n) is 22.1. The molecule has 0 bridgehead atoms. The third kappa shape index (κ3) is 6.46. The van der Waals surface area contributed by atoms with Crippen molar-refractivity contribution in [2.75, 3.05) is 16.8 Å². The second-order valence-corrected chi connectivity index (χ2v) is 22.0. The molecule has 0 saturated carbocycles. The average Bonchev–Trinajstić information content (AvgIpc) is 3.83. The van der Waals surface area contributed by atoms with Crippen LogP contribution in [0.5, 0.6) is 11.5 Å². The Labute approximate surface area is 390 Å². The molecule has 6 heteroatoms. The summed E-state index contributed by atoms with van der Waals surface area (Å²) in [5.74, 6) is 1.26. The maximum Gasteiger partial charge on any atom is 4.00 e. The number of rotatable bonds is 3. The van der Waals surface area contributed by atoms with Crippen LogP contribution in [0.1, 0.15) is 128 Å². The fraction of sp³-hybridized carbons (Fsp3) is 0.333. The van der Waals surface area contributed by atoms with E-state index in [0.29, 0.717) is 11.5 Å². The molecule has 0 fully saturated rings. The molecule has 0 unspecified atom stereocenters. The molecule has 6 aromatic carbocycles. The molecule has 0 amide bonds. The van der Waals surface area contributed by atoms with E-state index in [2.05, 4.69) is 204 Å². The van der Waals surface area contributed by atoms with Crippen LogP contribution >= 0.6 is 0 Å². The Balaban J connectivity index is 0.00000504. The Morgan fingerprint density at radius 3 is 1.81 bits per heavy atom. The van der Waals surface area contributed by atoms with Crippen LogP contribution in [-0.4, -0.2) is 11.6 Å². The third-order valence-electron chi connectivity index (χ3n) is 13.5. The standard InChI is InChI=1S/C57H59N4O.Pt/c1-53(2,3)35-27-40-41-28-36(54(4,5)6)30-45(56(10,11)12)51(41)57(50(40)44(29-35)55(7,8)9)42-26-25-39(32-49(42)61-34-59(14)48-24-18-21-43(57)52(48)61)62-38-20-17-19-37(31-38)60-33-58(13)46-22-15-16-23-47(46)60;/h15-30,34H,1-14H3;/q-3;+4. The normalized spacial score (nSPS) is 15.0. The SMILES string of the molecule is CN1[CH-]N2c3[c-]c(Oc4[c-]c(-n5[c-][n+](C)c6ccccc65)ccc4)ccc3C3(c4cccc1c42)c1c(cc(C(C)(C)C)cc1C(C)(C)C)-c1cc(C(C)(C)C)cc(C(C)(C)C)c13.[Pt+4]. The van der Waals surface area contributed by atoms with Crippen molar-refractivity contribution in [2.24, 2.45) is 7.05 Å². The van der Waals surface area contributed by atoms with Crippen molar-refractivity contribution >= 4 is 28.1 Å². The Hall–Kier alpha value is -5.12. The van der Waals surface area contributed by atoms with Gasteiger partial charge in [-0.1, -0.05) is 155 Å². The molecule has 322 valence electrons. The molecular weight excluding hydrogens is 952 g/mol. The maximum atomic E-state index is 6.80. The quantitative estimate of drug-likeness (QED) is 0.130. The van der Waals surface area contributed by atoms with E-state index in [1.165, 1.54) is 67.0 Å². The zero-order valence-electron chi connectivity index (χ0n) is 39.3. The van der Waals surface area contributed by atoms with Crippen LogP contribution in [0.25, 0.3) is 27.8 Å². The van der Waals surface area contributed by atoms with Crippen molar-refractivity contribution in [3.05, 3.63) is 167 Å². The van der Waals surface area contributed by atoms with Crippen LogP contribution in [0, 0.1) is 25.1 Å². The number of para-hydroxylation sites is 3. The van der Waals surface area contributed by atoms with Crippen LogP contribution in [0.4, 0.5) is 17.1 Å². The number of nitrogens with zero attached hydrogens (tertiary/aromatic N) is 4. The number of imidazole rings is 1. The maximum absolute atomic E-state index is 6.80. The summed E-state index contributed by atoms with van der Waals surface area (Å²) in [5, 5.41) is 0. The summed E-state index contributed by atoms with van der Waals surface area (Å²) < 4.78 is 10.9. The molecule has 3 heterocycles. The molecule has 1 aromatic heterocycles. The predicted octanol–water partition coefficient (Wildman–Crippen LogP) is 13.2. The van der Waals surface area contributed by atoms with Gasteiger partial charge in [0.2, 0.25) is 6.33 Å². The van der Waals surface area contributed by atoms with Gasteiger partial charge in [0, 0.05) is 28.3 Å². The second-order valence-electron chi connectivity index (χ2n) is 22.0. The summed E-state index contributed by atoms with van der Waals surface area (Å²) in [4.78, 5) is 4.62. The molecule has 3 aliphatic rings. The van der Waals surface area contributed by atoms with Crippen molar-refractivity contribution < 1.29 is 30.4 Å². The molecule has 1 aliphatic carbocycles. The number of aromatic nitrogens is 2. The Morgan fingerprint density at radius 2 is 1.21 bits per heavy atom. The first-order chi connectivity index (χ1) is 29.1. The van der Waals surface area contributed by atoms with Crippen molar-refractivity contribution in [2.45, 2.75) is 110 Å². The van der Waals surface area contributed by atoms with Gasteiger partial charge in [0.25, 0.3) is 0 Å². The van der Waals surface area contributed by atoms with Crippen LogP contribution in [-0.2, 0) is 55.2 Å². The Bertz CT molecular complexity index is 2920. The van der Waals surface area contributed by atoms with Crippen LogP contribution in [0.2, 0.25) is 0 Å². The van der Waals surface area contributed by atoms with Gasteiger partial charge in [-0.2, -0.15) is 24.9 Å². The molecule has 0 atom stereocenters. The van der Waals surface area contributed by atoms with Crippen LogP contribution in [0.15, 0.2) is 97.1 Å². The van der Waals surface area contributed by atoms with E-state index in [4.69, 9.17) is 4.74 Å². The first kappa shape index (κ1) is 43.1. The third-order valence-corrected chi connectivity index (χ3v) is 13.5. The number of fused-ring (bicyclic) bond motifs is 10. The van der Waals surface area contributed by atoms with Gasteiger partial charge >= 0.3 is 21.1 Å². The van der Waals surface area contributed by atoms with E-state index in [1.807, 2.05) is 34.4 Å². The number of hydrogen-bond acceptors (Lipinski definition) is 3. The van der Waals surface area contributed by atoms with Gasteiger partial charge in [-0.15, -0.1) is 29.8 Å². The summed E-state index contributed by atoms with van der Waals surface area (Å²) >= 11 is 0. The molecule has 63 heavy (non-hydrogen) atoms. The molecule has 10 rings (SSSR count). The average molecular weight is 1010 g/mol. The van der Waals surface area contributed by atoms with Crippen molar-refractivity contribution in [3.63, 3.8) is 0 Å². The molecule has 1 spiro atoms. The number of benzene rings is 6. The van der Waals surface area contributed by atoms with Crippen LogP contribution < -0.4 is 19.1 Å². The zero-order valence-corrected chi connectivity index (χ0v) is 41.6. The molecule has 5 nitrogen and oxygen atoms in total. The summed E-state index contributed by atoms with van der Waals surface area (Å²) in [6.07, 6.45) is 3.45. The monoisotopic (exact) mass is 1010 g/mol. The fourth-order valence-electron chi connectivity index (χ4n) is 10.3. The van der Waals surface area contributed by atoms with Crippen LogP contribution in [0.3, 0.4) is 0 Å². The van der Waals surface area contributed by atoms with E-state index < -0.39 is 5.41 Å². The van der Waals surface area contributed by atoms with Gasteiger partial charge < -0.3 is 23.7 Å². The fourth-order valence-corrected chi connectivity index (χ4v) is 10.3. The van der Waals surface area contributed by atoms with E-state index in [0.717, 1.165) is 22.4 Å². The predicted molar refractivity (Wildman–Crippen MR) is 254 cm³/mol. The second kappa shape index (κ2) is 14.2. The van der Waals surface area contributed by atoms with Gasteiger partial charge in [-0.3, -0.25) is 0 Å². The van der Waals surface area contributed by atoms with Gasteiger partial charge in [0.05, 0.1) is 18.1 Å². The molecule has 0 radical (unpaired) electrons. The summed E-state index contributed by atoms with van der Waals surface area (Å²) in [6, 6.07) is 43.4. The minimum absolute atomic E-state index is 0. The summed E-state index contributed by atoms with van der Waals surface area (Å²) in [5.41, 5.74) is 18.8. The Kier molecular flexibility index (Phi) is 9.72. The van der Waals surface area contributed by atoms with Crippen molar-refractivity contribution in [1.29, 1.82) is 0 Å². The molecule has 0 N–H and O–H groups in total. The minimum Gasteiger partial charge on any atom is -0.510 e. The zero-order chi connectivity index (χ0) is 44.1. The summed E-state index contributed by atoms with van der Waals surface area (Å²) in [7, 11) is 4.18. The number of aryl methyl sites for hydroxylation is 1. The molecule has 7 aromatic rings. The van der Waals surface area contributed by atoms with E-state index in [-0.39, 0.29) is 42.7 Å². The number of anilines is 3. The van der Waals surface area contributed by atoms with Crippen molar-refractivity contribution in [1.82, 2.24) is 4.57 Å². The van der Waals surface area contributed by atoms with Gasteiger partial charge in [0.15, 0.2) is 0 Å². The Morgan fingerprint density at radius 1 is 0.619 bits per heavy atom. The van der Waals surface area contributed by atoms with Crippen molar-refractivity contribution in [3.8, 4) is 28.3 Å². The number of ether oxygens (including phenoxy) is 1. The molecule has 0 saturated heterocycles. The van der Waals surface area contributed by atoms with Gasteiger partial charge in [-0.25, -0.2) is 0 Å². The smallest absolute Gasteiger partial charge is 0.510 e. The topological polar surface area (TPSA) is 24.5 Å². The van der Waals surface area contributed by atoms with Gasteiger partial charge in [-0.05, 0) is 84.8 Å². The molecule has 2 aliphatic heterocycles. The largest absolute Gasteiger partial charge is 4.00 e.